The van der Waals surface area contributed by atoms with Gasteiger partial charge in [-0.3, -0.25) is 0 Å². The van der Waals surface area contributed by atoms with Gasteiger partial charge < -0.3 is 0 Å². The first-order valence-electron chi connectivity index (χ1n) is 8.67. The van der Waals surface area contributed by atoms with Gasteiger partial charge >= 0.3 is 191 Å². The summed E-state index contributed by atoms with van der Waals surface area (Å²) < 4.78 is 0. The standard InChI is InChI=1S/C16H28S5Se3/c1(3-22-9-14-6-19-14)17-5-13(11-24-12-16-8-21-16)18-2-4-23-10-15-7-20-15/h13-16H,1-12H2. The van der Waals surface area contributed by atoms with Crippen LogP contribution in [0.15, 0.2) is 0 Å². The third kappa shape index (κ3) is 12.0. The molecule has 0 radical (unpaired) electrons. The molecular formula is C16H28S5Se3. The molecule has 0 N–H and O–H groups in total. The van der Waals surface area contributed by atoms with Gasteiger partial charge in [-0.1, -0.05) is 0 Å². The fraction of sp³-hybridized carbons (Fsp3) is 1.00. The topological polar surface area (TPSA) is 0 Å². The molecule has 4 unspecified atom stereocenters. The summed E-state index contributed by atoms with van der Waals surface area (Å²) in [6, 6.07) is 0. The molecule has 3 aliphatic heterocycles. The van der Waals surface area contributed by atoms with Crippen molar-refractivity contribution in [3.8, 4) is 0 Å². The average Bonchev–Trinajstić information content (AvgIpc) is 3.44. The molecule has 0 saturated carbocycles. The Bertz CT molecular complexity index is 338. The molecule has 3 rings (SSSR count). The van der Waals surface area contributed by atoms with E-state index in [1.807, 2.05) is 0 Å². The summed E-state index contributed by atoms with van der Waals surface area (Å²) in [5, 5.41) is 13.5. The Hall–Kier alpha value is 3.31. The minimum atomic E-state index is 0.926. The zero-order chi connectivity index (χ0) is 16.5. The Morgan fingerprint density at radius 1 is 0.792 bits per heavy atom. The second-order valence-electron chi connectivity index (χ2n) is 6.12. The molecule has 0 amide bonds. The van der Waals surface area contributed by atoms with E-state index in [1.165, 1.54) is 45.2 Å². The molecule has 24 heavy (non-hydrogen) atoms. The van der Waals surface area contributed by atoms with E-state index in [9.17, 15) is 0 Å². The summed E-state index contributed by atoms with van der Waals surface area (Å²) in [6.07, 6.45) is 0. The summed E-state index contributed by atoms with van der Waals surface area (Å²) in [7, 11) is 0. The van der Waals surface area contributed by atoms with Crippen LogP contribution in [0.25, 0.3) is 0 Å². The van der Waals surface area contributed by atoms with Gasteiger partial charge in [0, 0.05) is 0 Å². The maximum atomic E-state index is 2.34. The van der Waals surface area contributed by atoms with E-state index in [2.05, 4.69) is 58.8 Å². The second kappa shape index (κ2) is 13.5. The molecule has 0 spiro atoms. The van der Waals surface area contributed by atoms with Crippen molar-refractivity contribution in [3.05, 3.63) is 0 Å². The Balaban J connectivity index is 1.18. The van der Waals surface area contributed by atoms with Crippen LogP contribution < -0.4 is 0 Å². The zero-order valence-corrected chi connectivity index (χ0v) is 23.3. The van der Waals surface area contributed by atoms with E-state index in [0.29, 0.717) is 0 Å². The van der Waals surface area contributed by atoms with Gasteiger partial charge in [-0.25, -0.2) is 0 Å². The molecule has 0 aromatic rings. The summed E-state index contributed by atoms with van der Waals surface area (Å²) >= 11 is 14.0. The minimum absolute atomic E-state index is 0.926. The van der Waals surface area contributed by atoms with Crippen molar-refractivity contribution in [2.45, 2.75) is 52.9 Å². The Kier molecular flexibility index (Phi) is 12.4. The first kappa shape index (κ1) is 22.0. The molecule has 0 aromatic heterocycles. The van der Waals surface area contributed by atoms with Crippen LogP contribution in [0, 0.1) is 0 Å². The molecule has 3 fully saturated rings. The Morgan fingerprint density at radius 3 is 1.92 bits per heavy atom. The third-order valence-corrected chi connectivity index (χ3v) is 19.7. The Morgan fingerprint density at radius 2 is 1.33 bits per heavy atom. The van der Waals surface area contributed by atoms with Gasteiger partial charge in [0.1, 0.15) is 0 Å². The van der Waals surface area contributed by atoms with Crippen LogP contribution in [0.4, 0.5) is 0 Å². The van der Waals surface area contributed by atoms with Crippen LogP contribution >= 0.6 is 58.8 Å². The van der Waals surface area contributed by atoms with E-state index < -0.39 is 0 Å². The van der Waals surface area contributed by atoms with Crippen molar-refractivity contribution in [1.82, 2.24) is 0 Å². The van der Waals surface area contributed by atoms with Crippen molar-refractivity contribution in [3.63, 3.8) is 0 Å². The zero-order valence-electron chi connectivity index (χ0n) is 14.1. The molecule has 140 valence electrons. The fourth-order valence-electron chi connectivity index (χ4n) is 2.00. The number of hydrogen-bond acceptors (Lipinski definition) is 5. The van der Waals surface area contributed by atoms with Gasteiger partial charge in [-0.2, -0.15) is 0 Å². The van der Waals surface area contributed by atoms with Crippen LogP contribution in [0.2, 0.25) is 31.9 Å². The molecule has 3 heterocycles. The van der Waals surface area contributed by atoms with Gasteiger partial charge in [0.05, 0.1) is 0 Å². The quantitative estimate of drug-likeness (QED) is 0.131. The summed E-state index contributed by atoms with van der Waals surface area (Å²) in [5.74, 6) is 8.76. The molecular weight excluding hydrogens is 589 g/mol. The van der Waals surface area contributed by atoms with Gasteiger partial charge in [0.2, 0.25) is 0 Å². The molecule has 0 aromatic carbocycles. The van der Waals surface area contributed by atoms with E-state index >= 15 is 0 Å². The predicted octanol–water partition coefficient (Wildman–Crippen LogP) is 4.79. The number of hydrogen-bond donors (Lipinski definition) is 0. The maximum absolute atomic E-state index is 2.34. The molecule has 0 aliphatic carbocycles. The van der Waals surface area contributed by atoms with E-state index in [4.69, 9.17) is 0 Å². The monoisotopic (exact) mass is 620 g/mol. The normalized spacial score (nSPS) is 28.8. The third-order valence-electron chi connectivity index (χ3n) is 3.68. The van der Waals surface area contributed by atoms with Crippen molar-refractivity contribution in [2.24, 2.45) is 0 Å². The molecule has 0 bridgehead atoms. The summed E-state index contributed by atoms with van der Waals surface area (Å²) in [5.41, 5.74) is 0. The van der Waals surface area contributed by atoms with Gasteiger partial charge in [0.25, 0.3) is 0 Å². The number of thioether (sulfide) groups is 5. The van der Waals surface area contributed by atoms with Crippen molar-refractivity contribution < 1.29 is 0 Å². The van der Waals surface area contributed by atoms with Crippen LogP contribution in [-0.4, -0.2) is 100 Å². The first-order valence-corrected chi connectivity index (χ1v) is 21.3. The van der Waals surface area contributed by atoms with Crippen LogP contribution in [0.3, 0.4) is 0 Å². The molecule has 3 aliphatic rings. The fourth-order valence-corrected chi connectivity index (χ4v) is 17.9. The molecule has 4 atom stereocenters. The Labute approximate surface area is 189 Å². The van der Waals surface area contributed by atoms with Gasteiger partial charge in [0.15, 0.2) is 0 Å². The van der Waals surface area contributed by atoms with Crippen LogP contribution in [-0.2, 0) is 0 Å². The van der Waals surface area contributed by atoms with E-state index in [1.54, 1.807) is 21.3 Å². The van der Waals surface area contributed by atoms with Crippen molar-refractivity contribution in [2.75, 3.05) is 34.5 Å². The SMILES string of the molecule is C(C[Se]CC1CS1)SCC(C[Se]CC1CS1)SCC[Se]CC1CS1. The number of rotatable bonds is 17. The van der Waals surface area contributed by atoms with Gasteiger partial charge in [-0.05, 0) is 0 Å². The first-order chi connectivity index (χ1) is 11.9. The van der Waals surface area contributed by atoms with E-state index in [0.717, 1.165) is 65.9 Å². The van der Waals surface area contributed by atoms with E-state index in [-0.39, 0.29) is 0 Å². The second-order valence-corrected chi connectivity index (χ2v) is 19.8. The summed E-state index contributed by atoms with van der Waals surface area (Å²) in [4.78, 5) is 0. The van der Waals surface area contributed by atoms with Gasteiger partial charge in [-0.15, -0.1) is 0 Å². The summed E-state index contributed by atoms with van der Waals surface area (Å²) in [6.45, 7) is 0. The van der Waals surface area contributed by atoms with Crippen LogP contribution in [0.5, 0.6) is 0 Å². The molecule has 0 nitrogen and oxygen atoms in total. The van der Waals surface area contributed by atoms with Crippen molar-refractivity contribution in [1.29, 1.82) is 0 Å². The van der Waals surface area contributed by atoms with Crippen molar-refractivity contribution >= 4 is 104 Å². The van der Waals surface area contributed by atoms with Crippen LogP contribution in [0.1, 0.15) is 0 Å². The molecule has 8 heteroatoms. The average molecular weight is 618 g/mol. The predicted molar refractivity (Wildman–Crippen MR) is 128 cm³/mol. The molecule has 3 saturated heterocycles.